The monoisotopic (exact) mass is 522 g/mol. The number of methoxy groups -OCH3 is 1. The van der Waals surface area contributed by atoms with Gasteiger partial charge >= 0.3 is 0 Å². The summed E-state index contributed by atoms with van der Waals surface area (Å²) in [5, 5.41) is 3.01. The van der Waals surface area contributed by atoms with E-state index in [4.69, 9.17) is 10.5 Å². The van der Waals surface area contributed by atoms with E-state index in [1.807, 2.05) is 56.0 Å². The molecule has 0 spiro atoms. The van der Waals surface area contributed by atoms with Crippen molar-refractivity contribution in [2.75, 3.05) is 13.7 Å². The number of nitrogens with zero attached hydrogens (tertiary/aromatic N) is 2. The third kappa shape index (κ3) is 7.79. The summed E-state index contributed by atoms with van der Waals surface area (Å²) in [6.45, 7) is 7.06. The van der Waals surface area contributed by atoms with Crippen molar-refractivity contribution in [1.29, 1.82) is 0 Å². The maximum absolute atomic E-state index is 13.6. The van der Waals surface area contributed by atoms with Crippen LogP contribution >= 0.6 is 0 Å². The first kappa shape index (κ1) is 29.1. The van der Waals surface area contributed by atoms with Gasteiger partial charge in [-0.2, -0.15) is 0 Å². The average Bonchev–Trinajstić information content (AvgIpc) is 3.07. The van der Waals surface area contributed by atoms with Crippen molar-refractivity contribution < 1.29 is 19.1 Å². The molecule has 206 valence electrons. The number of ether oxygens (including phenoxy) is 1. The Bertz CT molecular complexity index is 1090. The zero-order valence-corrected chi connectivity index (χ0v) is 23.1. The van der Waals surface area contributed by atoms with Gasteiger partial charge in [0.15, 0.2) is 0 Å². The van der Waals surface area contributed by atoms with Crippen molar-refractivity contribution >= 4 is 17.7 Å². The number of pyridine rings is 1. The van der Waals surface area contributed by atoms with Crippen LogP contribution in [0, 0.1) is 17.8 Å². The molecule has 0 bridgehead atoms. The van der Waals surface area contributed by atoms with Gasteiger partial charge in [-0.1, -0.05) is 39.3 Å². The predicted molar refractivity (Wildman–Crippen MR) is 148 cm³/mol. The number of benzene rings is 1. The first-order valence-corrected chi connectivity index (χ1v) is 13.7. The maximum atomic E-state index is 13.6. The van der Waals surface area contributed by atoms with Gasteiger partial charge in [-0.25, -0.2) is 0 Å². The Morgan fingerprint density at radius 2 is 1.87 bits per heavy atom. The van der Waals surface area contributed by atoms with Gasteiger partial charge in [-0.3, -0.25) is 19.4 Å². The molecule has 3 rings (SSSR count). The fraction of sp³-hybridized carbons (Fsp3) is 0.533. The molecular formula is C30H42N4O4. The minimum atomic E-state index is -0.618. The Morgan fingerprint density at radius 1 is 1.13 bits per heavy atom. The van der Waals surface area contributed by atoms with Crippen LogP contribution in [0.3, 0.4) is 0 Å². The fourth-order valence-electron chi connectivity index (χ4n) is 5.23. The highest BCUT2D eigenvalue weighted by atomic mass is 16.5. The number of carbonyl (C=O) groups excluding carboxylic acids is 3. The Labute approximate surface area is 226 Å². The molecule has 0 saturated carbocycles. The van der Waals surface area contributed by atoms with E-state index >= 15 is 0 Å². The third-order valence-corrected chi connectivity index (χ3v) is 7.20. The van der Waals surface area contributed by atoms with Gasteiger partial charge in [-0.15, -0.1) is 0 Å². The number of hydrogen-bond acceptors (Lipinski definition) is 5. The summed E-state index contributed by atoms with van der Waals surface area (Å²) in [6.07, 6.45) is 7.72. The Balaban J connectivity index is 1.74. The van der Waals surface area contributed by atoms with Gasteiger partial charge in [0.2, 0.25) is 17.7 Å². The number of primary amides is 1. The average molecular weight is 523 g/mol. The third-order valence-electron chi connectivity index (χ3n) is 7.20. The molecule has 8 nitrogen and oxygen atoms in total. The molecule has 2 heterocycles. The molecular weight excluding hydrogens is 480 g/mol. The number of rotatable bonds is 12. The number of carbonyl (C=O) groups is 3. The van der Waals surface area contributed by atoms with Crippen LogP contribution in [0.5, 0.6) is 5.75 Å². The number of hydrogen-bond donors (Lipinski definition) is 2. The topological polar surface area (TPSA) is 115 Å². The van der Waals surface area contributed by atoms with Gasteiger partial charge in [0.1, 0.15) is 11.8 Å². The maximum Gasteiger partial charge on any atom is 0.245 e. The Kier molecular flexibility index (Phi) is 10.7. The molecule has 1 aromatic carbocycles. The van der Waals surface area contributed by atoms with Crippen LogP contribution in [0.25, 0.3) is 11.1 Å². The molecule has 1 saturated heterocycles. The van der Waals surface area contributed by atoms with Crippen LogP contribution in [-0.2, 0) is 20.9 Å². The van der Waals surface area contributed by atoms with Crippen LogP contribution in [0.1, 0.15) is 64.9 Å². The summed E-state index contributed by atoms with van der Waals surface area (Å²) in [5.74, 6) is -0.872. The molecule has 2 aromatic rings. The standard InChI is InChI=1S/C30H42N4O4/c1-5-8-25(28(31)35)26(15-20(2)3)29(36)33-27-9-6-7-14-34(30(27)37)19-21-16-23(18-32-17-21)22-10-12-24(38-4)13-11-22/h10-13,16-18,20,25-27H,5-9,14-15,19H2,1-4H3,(H2,31,35)(H,33,36)/t25-,26-,27?/m0/s1. The van der Waals surface area contributed by atoms with Crippen molar-refractivity contribution in [2.24, 2.45) is 23.5 Å². The van der Waals surface area contributed by atoms with E-state index in [0.717, 1.165) is 41.7 Å². The van der Waals surface area contributed by atoms with Crippen LogP contribution < -0.4 is 15.8 Å². The molecule has 0 radical (unpaired) electrons. The molecule has 3 atom stereocenters. The molecule has 1 unspecified atom stereocenters. The number of aromatic nitrogens is 1. The highest BCUT2D eigenvalue weighted by Gasteiger charge is 2.35. The minimum absolute atomic E-state index is 0.0971. The first-order valence-electron chi connectivity index (χ1n) is 13.7. The Morgan fingerprint density at radius 3 is 2.50 bits per heavy atom. The van der Waals surface area contributed by atoms with Crippen LogP contribution in [0.15, 0.2) is 42.7 Å². The number of amides is 3. The highest BCUT2D eigenvalue weighted by Crippen LogP contribution is 2.27. The van der Waals surface area contributed by atoms with Crippen molar-refractivity contribution in [1.82, 2.24) is 15.2 Å². The lowest BCUT2D eigenvalue weighted by atomic mass is 9.81. The van der Waals surface area contributed by atoms with Gasteiger partial charge < -0.3 is 20.7 Å². The summed E-state index contributed by atoms with van der Waals surface area (Å²) >= 11 is 0. The second-order valence-electron chi connectivity index (χ2n) is 10.7. The molecule has 3 N–H and O–H groups in total. The molecule has 38 heavy (non-hydrogen) atoms. The van der Waals surface area contributed by atoms with Gasteiger partial charge in [0.25, 0.3) is 0 Å². The molecule has 1 fully saturated rings. The molecule has 8 heteroatoms. The molecule has 3 amide bonds. The first-order chi connectivity index (χ1) is 18.2. The van der Waals surface area contributed by atoms with E-state index < -0.39 is 23.8 Å². The van der Waals surface area contributed by atoms with E-state index in [9.17, 15) is 14.4 Å². The lowest BCUT2D eigenvalue weighted by Gasteiger charge is -2.29. The van der Waals surface area contributed by atoms with E-state index in [2.05, 4.69) is 10.3 Å². The lowest BCUT2D eigenvalue weighted by Crippen LogP contribution is -2.50. The van der Waals surface area contributed by atoms with E-state index in [1.54, 1.807) is 19.5 Å². The van der Waals surface area contributed by atoms with Crippen molar-refractivity contribution in [3.05, 3.63) is 48.3 Å². The summed E-state index contributed by atoms with van der Waals surface area (Å²) in [7, 11) is 1.64. The second-order valence-corrected chi connectivity index (χ2v) is 10.7. The molecule has 1 aliphatic heterocycles. The van der Waals surface area contributed by atoms with Crippen LogP contribution in [0.2, 0.25) is 0 Å². The SMILES string of the molecule is CCC[C@H](C(N)=O)[C@H](CC(C)C)C(=O)NC1CCCCN(Cc2cncc(-c3ccc(OC)cc3)c2)C1=O. The molecule has 1 aromatic heterocycles. The van der Waals surface area contributed by atoms with Gasteiger partial charge in [0.05, 0.1) is 7.11 Å². The molecule has 1 aliphatic rings. The number of nitrogens with one attached hydrogen (secondary N) is 1. The van der Waals surface area contributed by atoms with Crippen molar-refractivity contribution in [3.8, 4) is 16.9 Å². The summed E-state index contributed by atoms with van der Waals surface area (Å²) < 4.78 is 5.25. The van der Waals surface area contributed by atoms with E-state index in [1.165, 1.54) is 0 Å². The van der Waals surface area contributed by atoms with Crippen molar-refractivity contribution in [3.63, 3.8) is 0 Å². The van der Waals surface area contributed by atoms with Crippen LogP contribution in [-0.4, -0.2) is 47.3 Å². The van der Waals surface area contributed by atoms with Crippen LogP contribution in [0.4, 0.5) is 0 Å². The zero-order valence-electron chi connectivity index (χ0n) is 23.1. The summed E-state index contributed by atoms with van der Waals surface area (Å²) in [4.78, 5) is 45.4. The summed E-state index contributed by atoms with van der Waals surface area (Å²) in [6, 6.07) is 9.20. The van der Waals surface area contributed by atoms with E-state index in [0.29, 0.717) is 32.4 Å². The second kappa shape index (κ2) is 13.9. The summed E-state index contributed by atoms with van der Waals surface area (Å²) in [5.41, 5.74) is 8.59. The minimum Gasteiger partial charge on any atom is -0.497 e. The smallest absolute Gasteiger partial charge is 0.245 e. The number of likely N-dealkylation sites (tertiary alicyclic amines) is 1. The van der Waals surface area contributed by atoms with Gasteiger partial charge in [0, 0.05) is 42.9 Å². The van der Waals surface area contributed by atoms with Crippen molar-refractivity contribution in [2.45, 2.75) is 71.9 Å². The lowest BCUT2D eigenvalue weighted by molar-refractivity contribution is -0.139. The molecule has 0 aliphatic carbocycles. The van der Waals surface area contributed by atoms with E-state index in [-0.39, 0.29) is 17.7 Å². The number of nitrogens with two attached hydrogens (primary N) is 1. The predicted octanol–water partition coefficient (Wildman–Crippen LogP) is 4.32. The van der Waals surface area contributed by atoms with Gasteiger partial charge in [-0.05, 0) is 67.3 Å². The quantitative estimate of drug-likeness (QED) is 0.431. The zero-order chi connectivity index (χ0) is 27.7. The highest BCUT2D eigenvalue weighted by molar-refractivity contribution is 5.91. The normalized spacial score (nSPS) is 17.6. The fourth-order valence-corrected chi connectivity index (χ4v) is 5.23. The Hall–Kier alpha value is -3.42. The largest absolute Gasteiger partial charge is 0.497 e.